The highest BCUT2D eigenvalue weighted by molar-refractivity contribution is 5.92. The van der Waals surface area contributed by atoms with Crippen molar-refractivity contribution in [3.05, 3.63) is 54.1 Å². The van der Waals surface area contributed by atoms with E-state index in [0.29, 0.717) is 5.76 Å². The number of hydrogen-bond donors (Lipinski definition) is 1. The molecule has 0 aliphatic rings. The predicted molar refractivity (Wildman–Crippen MR) is 75.5 cm³/mol. The quantitative estimate of drug-likeness (QED) is 0.786. The Kier molecular flexibility index (Phi) is 2.99. The van der Waals surface area contributed by atoms with Gasteiger partial charge in [0.2, 0.25) is 0 Å². The van der Waals surface area contributed by atoms with Crippen LogP contribution in [0.3, 0.4) is 0 Å². The zero-order chi connectivity index (χ0) is 14.1. The van der Waals surface area contributed by atoms with Gasteiger partial charge in [-0.25, -0.2) is 0 Å². The summed E-state index contributed by atoms with van der Waals surface area (Å²) in [5.41, 5.74) is 2.39. The molecule has 0 aliphatic heterocycles. The van der Waals surface area contributed by atoms with Gasteiger partial charge in [-0.3, -0.25) is 4.79 Å². The Morgan fingerprint density at radius 3 is 2.65 bits per heavy atom. The van der Waals surface area contributed by atoms with Gasteiger partial charge in [-0.2, -0.15) is 0 Å². The second-order valence-electron chi connectivity index (χ2n) is 4.71. The van der Waals surface area contributed by atoms with Gasteiger partial charge in [-0.1, -0.05) is 41.6 Å². The molecule has 0 saturated carbocycles. The van der Waals surface area contributed by atoms with E-state index < -0.39 is 11.9 Å². The number of benzene rings is 2. The zero-order valence-corrected chi connectivity index (χ0v) is 10.9. The van der Waals surface area contributed by atoms with E-state index in [2.05, 4.69) is 5.16 Å². The second-order valence-corrected chi connectivity index (χ2v) is 4.71. The molecule has 3 aromatic rings. The van der Waals surface area contributed by atoms with Crippen LogP contribution in [0.4, 0.5) is 0 Å². The molecule has 0 bridgehead atoms. The minimum absolute atomic E-state index is 0.557. The first-order chi connectivity index (χ1) is 9.66. The molecule has 1 N–H and O–H groups in total. The Balaban J connectivity index is 2.16. The van der Waals surface area contributed by atoms with Crippen LogP contribution in [0.5, 0.6) is 0 Å². The largest absolute Gasteiger partial charge is 0.481 e. The van der Waals surface area contributed by atoms with Crippen molar-refractivity contribution in [2.75, 3.05) is 0 Å². The van der Waals surface area contributed by atoms with Crippen molar-refractivity contribution in [2.24, 2.45) is 0 Å². The minimum Gasteiger partial charge on any atom is -0.481 e. The second kappa shape index (κ2) is 4.81. The van der Waals surface area contributed by atoms with Crippen molar-refractivity contribution in [3.63, 3.8) is 0 Å². The maximum Gasteiger partial charge on any atom is 0.310 e. The lowest BCUT2D eigenvalue weighted by molar-refractivity contribution is -0.138. The number of aliphatic carboxylic acids is 1. The fourth-order valence-corrected chi connectivity index (χ4v) is 2.17. The van der Waals surface area contributed by atoms with Gasteiger partial charge >= 0.3 is 5.97 Å². The molecule has 1 aromatic heterocycles. The third-order valence-electron chi connectivity index (χ3n) is 3.41. The van der Waals surface area contributed by atoms with Crippen molar-refractivity contribution in [3.8, 4) is 11.3 Å². The summed E-state index contributed by atoms with van der Waals surface area (Å²) >= 11 is 0. The lowest BCUT2D eigenvalue weighted by atomic mass is 9.98. The van der Waals surface area contributed by atoms with Gasteiger partial charge in [0.15, 0.2) is 5.76 Å². The summed E-state index contributed by atoms with van der Waals surface area (Å²) in [6.07, 6.45) is 0. The highest BCUT2D eigenvalue weighted by atomic mass is 16.5. The number of carbonyl (C=O) groups is 1. The Hall–Kier alpha value is -2.62. The van der Waals surface area contributed by atoms with Crippen LogP contribution >= 0.6 is 0 Å². The highest BCUT2D eigenvalue weighted by Gasteiger charge is 2.17. The zero-order valence-electron chi connectivity index (χ0n) is 10.9. The first kappa shape index (κ1) is 12.4. The highest BCUT2D eigenvalue weighted by Crippen LogP contribution is 2.30. The molecule has 3 rings (SSSR count). The maximum absolute atomic E-state index is 11.1. The molecule has 0 aliphatic carbocycles. The van der Waals surface area contributed by atoms with E-state index in [1.165, 1.54) is 0 Å². The molecule has 1 unspecified atom stereocenters. The number of hydrogen-bond acceptors (Lipinski definition) is 3. The van der Waals surface area contributed by atoms with Gasteiger partial charge in [-0.15, -0.1) is 0 Å². The fourth-order valence-electron chi connectivity index (χ4n) is 2.17. The van der Waals surface area contributed by atoms with E-state index in [0.717, 1.165) is 22.0 Å². The van der Waals surface area contributed by atoms with Gasteiger partial charge in [0.05, 0.1) is 11.3 Å². The molecule has 4 heteroatoms. The van der Waals surface area contributed by atoms with E-state index in [4.69, 9.17) is 9.63 Å². The van der Waals surface area contributed by atoms with Gasteiger partial charge in [-0.05, 0) is 24.6 Å². The average molecular weight is 267 g/mol. The van der Waals surface area contributed by atoms with Crippen LogP contribution in [-0.2, 0) is 4.79 Å². The van der Waals surface area contributed by atoms with Crippen LogP contribution in [0, 0.1) is 0 Å². The van der Waals surface area contributed by atoms with Crippen LogP contribution in [0.2, 0.25) is 0 Å². The summed E-state index contributed by atoms with van der Waals surface area (Å²) < 4.78 is 5.40. The number of rotatable bonds is 3. The first-order valence-electron chi connectivity index (χ1n) is 6.34. The van der Waals surface area contributed by atoms with E-state index in [-0.39, 0.29) is 0 Å². The van der Waals surface area contributed by atoms with E-state index in [1.807, 2.05) is 36.4 Å². The Bertz CT molecular complexity index is 762. The van der Waals surface area contributed by atoms with Gasteiger partial charge in [0, 0.05) is 5.56 Å². The van der Waals surface area contributed by atoms with E-state index in [9.17, 15) is 4.79 Å². The summed E-state index contributed by atoms with van der Waals surface area (Å²) in [6, 6.07) is 15.1. The van der Waals surface area contributed by atoms with Crippen LogP contribution in [0.1, 0.15) is 18.4 Å². The lowest BCUT2D eigenvalue weighted by Gasteiger charge is -2.06. The molecule has 1 atom stereocenters. The topological polar surface area (TPSA) is 63.3 Å². The van der Waals surface area contributed by atoms with Crippen molar-refractivity contribution in [1.82, 2.24) is 5.16 Å². The molecular formula is C16H13NO3. The number of carboxylic acids is 1. The molecule has 100 valence electrons. The van der Waals surface area contributed by atoms with Crippen molar-refractivity contribution in [2.45, 2.75) is 12.8 Å². The van der Waals surface area contributed by atoms with E-state index in [1.54, 1.807) is 19.1 Å². The summed E-state index contributed by atoms with van der Waals surface area (Å²) in [6.45, 7) is 1.67. The maximum atomic E-state index is 11.1. The summed E-state index contributed by atoms with van der Waals surface area (Å²) in [5.74, 6) is -0.736. The normalized spacial score (nSPS) is 12.4. The summed E-state index contributed by atoms with van der Waals surface area (Å²) in [5, 5.41) is 14.0. The summed E-state index contributed by atoms with van der Waals surface area (Å²) in [4.78, 5) is 11.1. The monoisotopic (exact) mass is 267 g/mol. The minimum atomic E-state index is -0.845. The van der Waals surface area contributed by atoms with Crippen LogP contribution in [0.15, 0.2) is 53.1 Å². The molecule has 2 aromatic carbocycles. The molecular weight excluding hydrogens is 254 g/mol. The summed E-state index contributed by atoms with van der Waals surface area (Å²) in [7, 11) is 0. The van der Waals surface area contributed by atoms with Crippen LogP contribution in [-0.4, -0.2) is 16.2 Å². The predicted octanol–water partition coefficient (Wildman–Crippen LogP) is 3.68. The van der Waals surface area contributed by atoms with Crippen molar-refractivity contribution >= 4 is 16.9 Å². The third-order valence-corrected chi connectivity index (χ3v) is 3.41. The van der Waals surface area contributed by atoms with E-state index >= 15 is 0 Å². The standard InChI is InChI=1S/C16H13NO3/c1-10(16(18)19)12-7-8-14-13(9-12)15(20-17-14)11-5-3-2-4-6-11/h2-10H,1H3,(H,18,19). The lowest BCUT2D eigenvalue weighted by Crippen LogP contribution is -2.06. The number of aromatic nitrogens is 1. The number of fused-ring (bicyclic) bond motifs is 1. The fraction of sp³-hybridized carbons (Fsp3) is 0.125. The molecule has 0 radical (unpaired) electrons. The third kappa shape index (κ3) is 2.05. The Morgan fingerprint density at radius 1 is 1.20 bits per heavy atom. The SMILES string of the molecule is CC(C(=O)O)c1ccc2noc(-c3ccccc3)c2c1. The molecule has 0 saturated heterocycles. The van der Waals surface area contributed by atoms with Crippen LogP contribution in [0.25, 0.3) is 22.2 Å². The molecule has 0 spiro atoms. The average Bonchev–Trinajstić information content (AvgIpc) is 2.90. The molecule has 4 nitrogen and oxygen atoms in total. The number of carboxylic acid groups (broad SMARTS) is 1. The molecule has 0 fully saturated rings. The van der Waals surface area contributed by atoms with Gasteiger partial charge in [0.25, 0.3) is 0 Å². The van der Waals surface area contributed by atoms with Crippen molar-refractivity contribution in [1.29, 1.82) is 0 Å². The molecule has 1 heterocycles. The number of nitrogens with zero attached hydrogens (tertiary/aromatic N) is 1. The van der Waals surface area contributed by atoms with Gasteiger partial charge in [0.1, 0.15) is 5.52 Å². The molecule has 0 amide bonds. The van der Waals surface area contributed by atoms with Crippen LogP contribution < -0.4 is 0 Å². The smallest absolute Gasteiger partial charge is 0.310 e. The Labute approximate surface area is 115 Å². The first-order valence-corrected chi connectivity index (χ1v) is 6.34. The molecule has 20 heavy (non-hydrogen) atoms. The van der Waals surface area contributed by atoms with Crippen molar-refractivity contribution < 1.29 is 14.4 Å². The Morgan fingerprint density at radius 2 is 1.95 bits per heavy atom. The van der Waals surface area contributed by atoms with Gasteiger partial charge < -0.3 is 9.63 Å².